The molecule has 2 aromatic carbocycles. The minimum atomic E-state index is -0.839. The van der Waals surface area contributed by atoms with Gasteiger partial charge in [-0.25, -0.2) is 9.82 Å². The summed E-state index contributed by atoms with van der Waals surface area (Å²) in [4.78, 5) is 11.9. The molecule has 0 heterocycles. The summed E-state index contributed by atoms with van der Waals surface area (Å²) < 4.78 is 18.7. The fourth-order valence-corrected chi connectivity index (χ4v) is 2.05. The number of hydrogen-bond acceptors (Lipinski definition) is 5. The Balaban J connectivity index is 2.16. The largest absolute Gasteiger partial charge is 0.504 e. The van der Waals surface area contributed by atoms with Gasteiger partial charge in [-0.2, -0.15) is 10.4 Å². The Morgan fingerprint density at radius 3 is 2.83 bits per heavy atom. The molecule has 8 heteroatoms. The number of aromatic hydroxyl groups is 1. The zero-order valence-electron chi connectivity index (χ0n) is 12.4. The van der Waals surface area contributed by atoms with Crippen LogP contribution in [0, 0.1) is 17.1 Å². The average molecular weight is 348 g/mol. The van der Waals surface area contributed by atoms with Crippen LogP contribution in [0.2, 0.25) is 5.02 Å². The Bertz CT molecular complexity index is 862. The molecule has 0 aromatic heterocycles. The van der Waals surface area contributed by atoms with Crippen LogP contribution < -0.4 is 10.2 Å². The summed E-state index contributed by atoms with van der Waals surface area (Å²) in [5, 5.41) is 22.5. The van der Waals surface area contributed by atoms with E-state index in [1.165, 1.54) is 31.4 Å². The number of benzene rings is 2. The smallest absolute Gasteiger partial charge is 0.274 e. The van der Waals surface area contributed by atoms with E-state index in [2.05, 4.69) is 10.5 Å². The molecule has 0 bridgehead atoms. The first-order valence-corrected chi connectivity index (χ1v) is 6.93. The molecule has 2 rings (SSSR count). The second-order valence-corrected chi connectivity index (χ2v) is 4.99. The summed E-state index contributed by atoms with van der Waals surface area (Å²) in [7, 11) is 1.36. The maximum Gasteiger partial charge on any atom is 0.274 e. The highest BCUT2D eigenvalue weighted by Crippen LogP contribution is 2.32. The number of ether oxygens (including phenoxy) is 1. The van der Waals surface area contributed by atoms with Gasteiger partial charge >= 0.3 is 0 Å². The first-order valence-electron chi connectivity index (χ1n) is 6.55. The van der Waals surface area contributed by atoms with Crippen molar-refractivity contribution in [3.63, 3.8) is 0 Å². The van der Waals surface area contributed by atoms with Crippen LogP contribution in [0.3, 0.4) is 0 Å². The molecule has 0 aliphatic rings. The highest BCUT2D eigenvalue weighted by molar-refractivity contribution is 6.31. The quantitative estimate of drug-likeness (QED) is 0.656. The maximum atomic E-state index is 13.7. The predicted molar refractivity (Wildman–Crippen MR) is 85.8 cm³/mol. The van der Waals surface area contributed by atoms with E-state index in [1.54, 1.807) is 6.07 Å². The van der Waals surface area contributed by atoms with Crippen molar-refractivity contribution in [2.75, 3.05) is 7.11 Å². The van der Waals surface area contributed by atoms with Crippen LogP contribution in [-0.4, -0.2) is 24.3 Å². The summed E-state index contributed by atoms with van der Waals surface area (Å²) in [6, 6.07) is 8.04. The van der Waals surface area contributed by atoms with Gasteiger partial charge in [0.2, 0.25) is 0 Å². The highest BCUT2D eigenvalue weighted by atomic mass is 35.5. The predicted octanol–water partition coefficient (Wildman–Crippen LogP) is 2.83. The zero-order chi connectivity index (χ0) is 17.7. The zero-order valence-corrected chi connectivity index (χ0v) is 13.1. The van der Waals surface area contributed by atoms with Crippen LogP contribution in [0.4, 0.5) is 4.39 Å². The molecule has 0 aliphatic heterocycles. The van der Waals surface area contributed by atoms with Crippen LogP contribution in [0.1, 0.15) is 21.5 Å². The molecule has 0 spiro atoms. The van der Waals surface area contributed by atoms with Crippen LogP contribution in [-0.2, 0) is 0 Å². The third kappa shape index (κ3) is 3.80. The van der Waals surface area contributed by atoms with Crippen molar-refractivity contribution in [1.82, 2.24) is 5.43 Å². The van der Waals surface area contributed by atoms with E-state index in [0.29, 0.717) is 5.02 Å². The molecule has 0 radical (unpaired) electrons. The Hall–Kier alpha value is -3.11. The SMILES string of the molecule is COc1cc(Cl)cc(/C=N\NC(=O)c2ccc(C#N)cc2F)c1O. The molecule has 2 N–H and O–H groups in total. The molecule has 122 valence electrons. The van der Waals surface area contributed by atoms with Crippen molar-refractivity contribution in [3.05, 3.63) is 57.9 Å². The lowest BCUT2D eigenvalue weighted by atomic mass is 10.1. The lowest BCUT2D eigenvalue weighted by Gasteiger charge is -2.06. The number of phenols is 1. The van der Waals surface area contributed by atoms with Crippen molar-refractivity contribution in [3.8, 4) is 17.6 Å². The van der Waals surface area contributed by atoms with E-state index in [0.717, 1.165) is 12.3 Å². The molecule has 0 unspecified atom stereocenters. The normalized spacial score (nSPS) is 10.4. The number of halogens is 2. The number of carbonyl (C=O) groups is 1. The van der Waals surface area contributed by atoms with Crippen molar-refractivity contribution in [2.24, 2.45) is 5.10 Å². The van der Waals surface area contributed by atoms with Gasteiger partial charge in [0.1, 0.15) is 5.82 Å². The third-order valence-corrected chi connectivity index (χ3v) is 3.22. The van der Waals surface area contributed by atoms with Gasteiger partial charge in [0.15, 0.2) is 11.5 Å². The number of carbonyl (C=O) groups excluding carboxylic acids is 1. The monoisotopic (exact) mass is 347 g/mol. The van der Waals surface area contributed by atoms with Crippen LogP contribution >= 0.6 is 11.6 Å². The number of nitrogens with one attached hydrogen (secondary N) is 1. The Labute approximate surface area is 141 Å². The minimum absolute atomic E-state index is 0.100. The van der Waals surface area contributed by atoms with Gasteiger partial charge in [0, 0.05) is 16.7 Å². The number of phenolic OH excluding ortho intramolecular Hbond substituents is 1. The van der Waals surface area contributed by atoms with Gasteiger partial charge in [0.05, 0.1) is 30.5 Å². The number of amides is 1. The molecular weight excluding hydrogens is 337 g/mol. The van der Waals surface area contributed by atoms with Crippen molar-refractivity contribution < 1.29 is 19.0 Å². The first kappa shape index (κ1) is 17.2. The summed E-state index contributed by atoms with van der Waals surface area (Å²) in [5.41, 5.74) is 2.17. The fraction of sp³-hybridized carbons (Fsp3) is 0.0625. The minimum Gasteiger partial charge on any atom is -0.504 e. The van der Waals surface area contributed by atoms with Crippen LogP contribution in [0.5, 0.6) is 11.5 Å². The summed E-state index contributed by atoms with van der Waals surface area (Å²) in [5.74, 6) is -1.70. The number of methoxy groups -OCH3 is 1. The highest BCUT2D eigenvalue weighted by Gasteiger charge is 2.12. The van der Waals surface area contributed by atoms with Gasteiger partial charge in [-0.15, -0.1) is 0 Å². The molecule has 1 amide bonds. The third-order valence-electron chi connectivity index (χ3n) is 3.00. The van der Waals surface area contributed by atoms with Gasteiger partial charge < -0.3 is 9.84 Å². The molecule has 0 atom stereocenters. The molecule has 2 aromatic rings. The summed E-state index contributed by atoms with van der Waals surface area (Å²) >= 11 is 5.87. The van der Waals surface area contributed by atoms with Gasteiger partial charge in [-0.05, 0) is 24.3 Å². The Kier molecular flexibility index (Phi) is 5.35. The summed E-state index contributed by atoms with van der Waals surface area (Å²) in [6.07, 6.45) is 1.14. The van der Waals surface area contributed by atoms with Crippen LogP contribution in [0.25, 0.3) is 0 Å². The van der Waals surface area contributed by atoms with E-state index >= 15 is 0 Å². The fourth-order valence-electron chi connectivity index (χ4n) is 1.84. The van der Waals surface area contributed by atoms with E-state index in [9.17, 15) is 14.3 Å². The summed E-state index contributed by atoms with van der Waals surface area (Å²) in [6.45, 7) is 0. The second-order valence-electron chi connectivity index (χ2n) is 4.55. The van der Waals surface area contributed by atoms with Crippen molar-refractivity contribution in [1.29, 1.82) is 5.26 Å². The molecule has 0 saturated heterocycles. The van der Waals surface area contributed by atoms with E-state index in [4.69, 9.17) is 21.6 Å². The molecule has 6 nitrogen and oxygen atoms in total. The van der Waals surface area contributed by atoms with E-state index < -0.39 is 11.7 Å². The van der Waals surface area contributed by atoms with Gasteiger partial charge in [0.25, 0.3) is 5.91 Å². The van der Waals surface area contributed by atoms with E-state index in [-0.39, 0.29) is 28.2 Å². The molecule has 24 heavy (non-hydrogen) atoms. The molecule has 0 fully saturated rings. The van der Waals surface area contributed by atoms with Gasteiger partial charge in [-0.1, -0.05) is 11.6 Å². The standard InChI is InChI=1S/C16H11ClFN3O3/c1-24-14-6-11(17)5-10(15(14)22)8-20-21-16(23)12-3-2-9(7-19)4-13(12)18/h2-6,8,22H,1H3,(H,21,23)/b20-8-. The number of rotatable bonds is 4. The number of hydrazone groups is 1. The average Bonchev–Trinajstić information content (AvgIpc) is 2.57. The second kappa shape index (κ2) is 7.44. The molecule has 0 aliphatic carbocycles. The maximum absolute atomic E-state index is 13.7. The van der Waals surface area contributed by atoms with Gasteiger partial charge in [-0.3, -0.25) is 4.79 Å². The Morgan fingerprint density at radius 1 is 1.46 bits per heavy atom. The number of nitriles is 1. The van der Waals surface area contributed by atoms with Crippen molar-refractivity contribution in [2.45, 2.75) is 0 Å². The van der Waals surface area contributed by atoms with E-state index in [1.807, 2.05) is 0 Å². The topological polar surface area (TPSA) is 94.7 Å². The molecular formula is C16H11ClFN3O3. The lowest BCUT2D eigenvalue weighted by molar-refractivity contribution is 0.0951. The number of nitrogens with zero attached hydrogens (tertiary/aromatic N) is 2. The van der Waals surface area contributed by atoms with Crippen molar-refractivity contribution >= 4 is 23.7 Å². The first-order chi connectivity index (χ1) is 11.5. The Morgan fingerprint density at radius 2 is 2.21 bits per heavy atom. The van der Waals surface area contributed by atoms with Crippen LogP contribution in [0.15, 0.2) is 35.4 Å². The molecule has 0 saturated carbocycles. The lowest BCUT2D eigenvalue weighted by Crippen LogP contribution is -2.19. The number of hydrogen-bond donors (Lipinski definition) is 2.